The van der Waals surface area contributed by atoms with E-state index in [1.165, 1.54) is 19.3 Å². The highest BCUT2D eigenvalue weighted by Gasteiger charge is 2.54. The van der Waals surface area contributed by atoms with Crippen molar-refractivity contribution in [1.29, 1.82) is 0 Å². The van der Waals surface area contributed by atoms with Gasteiger partial charge < -0.3 is 14.5 Å². The van der Waals surface area contributed by atoms with E-state index in [4.69, 9.17) is 14.5 Å². The lowest BCUT2D eigenvalue weighted by Gasteiger charge is -2.06. The van der Waals surface area contributed by atoms with Crippen LogP contribution in [0.5, 0.6) is 11.5 Å². The maximum absolute atomic E-state index is 5.33. The molecule has 0 spiro atoms. The standard InChI is InChI=1S/C15H18N2O2/c1-18-12-6-10-11(7-13(12)19-2)17-15(16-10)14-8-4-3-5-9(8)14/h6-9,14H,3-5H2,1-2H3,(H,16,17). The third-order valence-electron chi connectivity index (χ3n) is 4.73. The Bertz CT molecular complexity index is 583. The van der Waals surface area contributed by atoms with Crippen LogP contribution in [0.3, 0.4) is 0 Å². The zero-order valence-electron chi connectivity index (χ0n) is 11.3. The Balaban J connectivity index is 1.75. The first-order valence-electron chi connectivity index (χ1n) is 6.93. The molecular formula is C15H18N2O2. The lowest BCUT2D eigenvalue weighted by Crippen LogP contribution is -1.89. The second-order valence-electron chi connectivity index (χ2n) is 5.63. The number of aromatic nitrogens is 2. The molecule has 2 aliphatic rings. The smallest absolute Gasteiger partial charge is 0.163 e. The van der Waals surface area contributed by atoms with E-state index in [2.05, 4.69) is 4.98 Å². The Morgan fingerprint density at radius 3 is 2.47 bits per heavy atom. The van der Waals surface area contributed by atoms with Crippen LogP contribution in [0.4, 0.5) is 0 Å². The molecule has 1 N–H and O–H groups in total. The van der Waals surface area contributed by atoms with Gasteiger partial charge in [-0.15, -0.1) is 0 Å². The average molecular weight is 258 g/mol. The van der Waals surface area contributed by atoms with Gasteiger partial charge in [-0.2, -0.15) is 0 Å². The Labute approximate surface area is 112 Å². The number of H-pyrrole nitrogens is 1. The molecule has 0 saturated heterocycles. The van der Waals surface area contributed by atoms with Crippen molar-refractivity contribution >= 4 is 11.0 Å². The summed E-state index contributed by atoms with van der Waals surface area (Å²) in [5.41, 5.74) is 2.01. The Kier molecular flexibility index (Phi) is 2.28. The second kappa shape index (κ2) is 3.89. The molecule has 1 heterocycles. The van der Waals surface area contributed by atoms with Crippen LogP contribution >= 0.6 is 0 Å². The third kappa shape index (κ3) is 1.55. The van der Waals surface area contributed by atoms with Gasteiger partial charge in [-0.1, -0.05) is 6.42 Å². The number of nitrogens with one attached hydrogen (secondary N) is 1. The van der Waals surface area contributed by atoms with Crippen molar-refractivity contribution in [1.82, 2.24) is 9.97 Å². The first kappa shape index (κ1) is 11.1. The predicted molar refractivity (Wildman–Crippen MR) is 72.8 cm³/mol. The van der Waals surface area contributed by atoms with E-state index >= 15 is 0 Å². The molecule has 0 bridgehead atoms. The van der Waals surface area contributed by atoms with Crippen LogP contribution in [0.2, 0.25) is 0 Å². The first-order valence-corrected chi connectivity index (χ1v) is 6.93. The molecule has 0 amide bonds. The molecule has 2 atom stereocenters. The molecule has 2 aromatic rings. The lowest BCUT2D eigenvalue weighted by molar-refractivity contribution is 0.356. The van der Waals surface area contributed by atoms with Crippen LogP contribution in [0, 0.1) is 11.8 Å². The summed E-state index contributed by atoms with van der Waals surface area (Å²) >= 11 is 0. The Hall–Kier alpha value is -1.71. The van der Waals surface area contributed by atoms with Crippen LogP contribution in [0.1, 0.15) is 31.0 Å². The third-order valence-corrected chi connectivity index (χ3v) is 4.73. The SMILES string of the molecule is COc1cc2nc(C3C4CCCC43)[nH]c2cc1OC. The molecule has 0 aliphatic heterocycles. The molecule has 0 radical (unpaired) electrons. The molecule has 2 fully saturated rings. The van der Waals surface area contributed by atoms with Gasteiger partial charge in [0.2, 0.25) is 0 Å². The highest BCUT2D eigenvalue weighted by Crippen LogP contribution is 2.62. The van der Waals surface area contributed by atoms with Crippen molar-refractivity contribution in [2.24, 2.45) is 11.8 Å². The maximum Gasteiger partial charge on any atom is 0.163 e. The lowest BCUT2D eigenvalue weighted by atomic mass is 10.1. The Morgan fingerprint density at radius 2 is 1.79 bits per heavy atom. The van der Waals surface area contributed by atoms with Crippen molar-refractivity contribution in [2.45, 2.75) is 25.2 Å². The van der Waals surface area contributed by atoms with E-state index in [0.29, 0.717) is 5.92 Å². The zero-order valence-corrected chi connectivity index (χ0v) is 11.3. The van der Waals surface area contributed by atoms with Gasteiger partial charge in [-0.3, -0.25) is 0 Å². The van der Waals surface area contributed by atoms with Gasteiger partial charge in [0.15, 0.2) is 11.5 Å². The van der Waals surface area contributed by atoms with Gasteiger partial charge in [0.25, 0.3) is 0 Å². The van der Waals surface area contributed by atoms with Crippen molar-refractivity contribution in [3.63, 3.8) is 0 Å². The normalized spacial score (nSPS) is 28.4. The molecule has 4 nitrogen and oxygen atoms in total. The van der Waals surface area contributed by atoms with E-state index in [1.54, 1.807) is 14.2 Å². The summed E-state index contributed by atoms with van der Waals surface area (Å²) in [6.45, 7) is 0. The highest BCUT2D eigenvalue weighted by molar-refractivity contribution is 5.80. The summed E-state index contributed by atoms with van der Waals surface area (Å²) in [5.74, 6) is 5.07. The van der Waals surface area contributed by atoms with Gasteiger partial charge >= 0.3 is 0 Å². The monoisotopic (exact) mass is 258 g/mol. The number of benzene rings is 1. The molecule has 4 heteroatoms. The summed E-state index contributed by atoms with van der Waals surface area (Å²) < 4.78 is 10.7. The molecular weight excluding hydrogens is 240 g/mol. The molecule has 1 aromatic carbocycles. The average Bonchev–Trinajstić information content (AvgIpc) is 2.83. The number of ether oxygens (including phenoxy) is 2. The summed E-state index contributed by atoms with van der Waals surface area (Å²) in [6, 6.07) is 3.93. The minimum atomic E-state index is 0.665. The molecule has 2 aliphatic carbocycles. The maximum atomic E-state index is 5.33. The molecule has 19 heavy (non-hydrogen) atoms. The predicted octanol–water partition coefficient (Wildman–Crippen LogP) is 3.09. The Morgan fingerprint density at radius 1 is 1.11 bits per heavy atom. The summed E-state index contributed by atoms with van der Waals surface area (Å²) in [6.07, 6.45) is 4.14. The molecule has 4 rings (SSSR count). The van der Waals surface area contributed by atoms with E-state index in [-0.39, 0.29) is 0 Å². The van der Waals surface area contributed by atoms with Gasteiger partial charge in [0.1, 0.15) is 5.82 Å². The van der Waals surface area contributed by atoms with Crippen LogP contribution < -0.4 is 9.47 Å². The van der Waals surface area contributed by atoms with Crippen molar-refractivity contribution in [2.75, 3.05) is 14.2 Å². The van der Waals surface area contributed by atoms with Crippen molar-refractivity contribution in [3.8, 4) is 11.5 Å². The topological polar surface area (TPSA) is 47.1 Å². The largest absolute Gasteiger partial charge is 0.493 e. The summed E-state index contributed by atoms with van der Waals surface area (Å²) in [4.78, 5) is 8.22. The number of methoxy groups -OCH3 is 2. The summed E-state index contributed by atoms with van der Waals surface area (Å²) in [5, 5.41) is 0. The number of fused-ring (bicyclic) bond motifs is 2. The fraction of sp³-hybridized carbons (Fsp3) is 0.533. The van der Waals surface area contributed by atoms with Gasteiger partial charge in [-0.05, 0) is 24.7 Å². The van der Waals surface area contributed by atoms with Crippen LogP contribution in [0.25, 0.3) is 11.0 Å². The van der Waals surface area contributed by atoms with Gasteiger partial charge in [0, 0.05) is 18.1 Å². The fourth-order valence-electron chi connectivity index (χ4n) is 3.74. The second-order valence-corrected chi connectivity index (χ2v) is 5.63. The minimum absolute atomic E-state index is 0.665. The number of hydrogen-bond donors (Lipinski definition) is 1. The number of aromatic amines is 1. The zero-order chi connectivity index (χ0) is 13.0. The van der Waals surface area contributed by atoms with Crippen molar-refractivity contribution < 1.29 is 9.47 Å². The number of nitrogens with zero attached hydrogens (tertiary/aromatic N) is 1. The van der Waals surface area contributed by atoms with E-state index in [1.807, 2.05) is 12.1 Å². The van der Waals surface area contributed by atoms with Gasteiger partial charge in [0.05, 0.1) is 25.3 Å². The number of imidazole rings is 1. The number of hydrogen-bond acceptors (Lipinski definition) is 3. The quantitative estimate of drug-likeness (QED) is 0.920. The van der Waals surface area contributed by atoms with Crippen molar-refractivity contribution in [3.05, 3.63) is 18.0 Å². The summed E-state index contributed by atoms with van der Waals surface area (Å²) in [7, 11) is 3.31. The highest BCUT2D eigenvalue weighted by atomic mass is 16.5. The molecule has 100 valence electrons. The van der Waals surface area contributed by atoms with E-state index in [0.717, 1.165) is 40.2 Å². The van der Waals surface area contributed by atoms with Crippen LogP contribution in [0.15, 0.2) is 12.1 Å². The van der Waals surface area contributed by atoms with E-state index < -0.39 is 0 Å². The molecule has 1 aromatic heterocycles. The fourth-order valence-corrected chi connectivity index (χ4v) is 3.74. The molecule has 2 saturated carbocycles. The molecule has 2 unspecified atom stereocenters. The van der Waals surface area contributed by atoms with Gasteiger partial charge in [-0.25, -0.2) is 4.98 Å². The minimum Gasteiger partial charge on any atom is -0.493 e. The number of rotatable bonds is 3. The van der Waals surface area contributed by atoms with Crippen LogP contribution in [-0.2, 0) is 0 Å². The van der Waals surface area contributed by atoms with Crippen LogP contribution in [-0.4, -0.2) is 24.2 Å². The first-order chi connectivity index (χ1) is 9.31. The van der Waals surface area contributed by atoms with E-state index in [9.17, 15) is 0 Å².